The van der Waals surface area contributed by atoms with E-state index in [-0.39, 0.29) is 18.0 Å². The van der Waals surface area contributed by atoms with E-state index in [4.69, 9.17) is 16.3 Å². The number of likely N-dealkylation sites (N-methyl/N-ethyl adjacent to an activating group) is 1. The molecule has 0 aliphatic rings. The van der Waals surface area contributed by atoms with E-state index in [0.717, 1.165) is 0 Å². The number of nitrogens with zero attached hydrogens (tertiary/aromatic N) is 1. The minimum atomic E-state index is -0.371. The molecule has 2 aromatic rings. The maximum atomic E-state index is 12.5. The number of carbonyl (C=O) groups is 1. The molecular weight excluding hydrogens is 350 g/mol. The van der Waals surface area contributed by atoms with Crippen molar-refractivity contribution in [3.05, 3.63) is 59.1 Å². The predicted octanol–water partition coefficient (Wildman–Crippen LogP) is 3.57. The molecule has 0 aromatic heterocycles. The molecule has 0 aliphatic heterocycles. The van der Waals surface area contributed by atoms with Gasteiger partial charge in [-0.1, -0.05) is 41.9 Å². The van der Waals surface area contributed by atoms with Gasteiger partial charge in [0.15, 0.2) is 0 Å². The third-order valence-electron chi connectivity index (χ3n) is 4.24. The van der Waals surface area contributed by atoms with Gasteiger partial charge in [0.05, 0.1) is 18.8 Å². The number of nitrogens with one attached hydrogen (secondary N) is 2. The van der Waals surface area contributed by atoms with Crippen LogP contribution in [0, 0.1) is 0 Å². The average Bonchev–Trinajstić information content (AvgIpc) is 2.62. The van der Waals surface area contributed by atoms with Crippen molar-refractivity contribution >= 4 is 23.2 Å². The van der Waals surface area contributed by atoms with Crippen LogP contribution in [0.4, 0.5) is 5.69 Å². The molecule has 2 rings (SSSR count). The highest BCUT2D eigenvalue weighted by Crippen LogP contribution is 2.27. The van der Waals surface area contributed by atoms with Crippen LogP contribution in [0.15, 0.2) is 48.5 Å². The number of rotatable bonds is 8. The van der Waals surface area contributed by atoms with Crippen LogP contribution in [0.3, 0.4) is 0 Å². The summed E-state index contributed by atoms with van der Waals surface area (Å²) >= 11 is 6.01. The van der Waals surface area contributed by atoms with E-state index in [1.165, 1.54) is 5.56 Å². The van der Waals surface area contributed by atoms with Gasteiger partial charge in [-0.2, -0.15) is 0 Å². The van der Waals surface area contributed by atoms with Crippen LogP contribution < -0.4 is 15.4 Å². The molecule has 0 saturated heterocycles. The van der Waals surface area contributed by atoms with Gasteiger partial charge in [-0.3, -0.25) is 4.79 Å². The summed E-state index contributed by atoms with van der Waals surface area (Å²) in [7, 11) is 5.62. The van der Waals surface area contributed by atoms with Gasteiger partial charge in [0.2, 0.25) is 5.91 Å². The highest BCUT2D eigenvalue weighted by molar-refractivity contribution is 6.31. The molecule has 26 heavy (non-hydrogen) atoms. The lowest BCUT2D eigenvalue weighted by Crippen LogP contribution is -2.42. The van der Waals surface area contributed by atoms with Crippen LogP contribution in [-0.2, 0) is 4.79 Å². The summed E-state index contributed by atoms with van der Waals surface area (Å²) in [5.74, 6) is 0.432. The highest BCUT2D eigenvalue weighted by atomic mass is 35.5. The van der Waals surface area contributed by atoms with E-state index in [1.807, 2.05) is 39.2 Å². The fraction of sp³-hybridized carbons (Fsp3) is 0.350. The zero-order valence-corrected chi connectivity index (χ0v) is 16.4. The van der Waals surface area contributed by atoms with E-state index in [9.17, 15) is 4.79 Å². The highest BCUT2D eigenvalue weighted by Gasteiger charge is 2.19. The quantitative estimate of drug-likeness (QED) is 0.740. The van der Waals surface area contributed by atoms with Crippen molar-refractivity contribution in [2.24, 2.45) is 0 Å². The fourth-order valence-electron chi connectivity index (χ4n) is 2.67. The molecule has 6 heteroatoms. The summed E-state index contributed by atoms with van der Waals surface area (Å²) in [5, 5.41) is 6.72. The summed E-state index contributed by atoms with van der Waals surface area (Å²) < 4.78 is 5.27. The summed E-state index contributed by atoms with van der Waals surface area (Å²) in [6, 6.07) is 15.2. The number of hydrogen-bond donors (Lipinski definition) is 2. The minimum absolute atomic E-state index is 0.142. The molecule has 0 heterocycles. The smallest absolute Gasteiger partial charge is 0.241 e. The number of carbonyl (C=O) groups excluding carboxylic acids is 1. The first-order valence-corrected chi connectivity index (χ1v) is 8.89. The molecule has 1 amide bonds. The second-order valence-electron chi connectivity index (χ2n) is 6.35. The lowest BCUT2D eigenvalue weighted by atomic mass is 10.1. The first-order chi connectivity index (χ1) is 12.4. The summed E-state index contributed by atoms with van der Waals surface area (Å²) in [5.41, 5.74) is 1.76. The van der Waals surface area contributed by atoms with Crippen molar-refractivity contribution in [1.29, 1.82) is 0 Å². The lowest BCUT2D eigenvalue weighted by molar-refractivity contribution is -0.117. The Bertz CT molecular complexity index is 722. The topological polar surface area (TPSA) is 53.6 Å². The minimum Gasteiger partial charge on any atom is -0.495 e. The Balaban J connectivity index is 1.99. The first-order valence-electron chi connectivity index (χ1n) is 8.51. The molecule has 2 aromatic carbocycles. The zero-order chi connectivity index (χ0) is 19.1. The summed E-state index contributed by atoms with van der Waals surface area (Å²) in [6.45, 7) is 2.49. The van der Waals surface area contributed by atoms with Crippen molar-refractivity contribution in [3.8, 4) is 5.75 Å². The normalized spacial score (nSPS) is 13.3. The first kappa shape index (κ1) is 20.2. The van der Waals surface area contributed by atoms with Crippen LogP contribution in [0.5, 0.6) is 5.75 Å². The van der Waals surface area contributed by atoms with Crippen LogP contribution in [0.1, 0.15) is 18.5 Å². The maximum absolute atomic E-state index is 12.5. The Kier molecular flexibility index (Phi) is 7.45. The number of ether oxygens (including phenoxy) is 1. The van der Waals surface area contributed by atoms with Crippen LogP contribution >= 0.6 is 11.6 Å². The third-order valence-corrected chi connectivity index (χ3v) is 4.47. The standard InChI is InChI=1S/C20H26ClN3O2/c1-14(20(25)23-17-12-16(21)10-11-19(17)26-4)22-13-18(24(2)3)15-8-6-5-7-9-15/h5-12,14,18,22H,13H2,1-4H3,(H,23,25)/t14-,18+/m0/s1. The van der Waals surface area contributed by atoms with Crippen molar-refractivity contribution < 1.29 is 9.53 Å². The van der Waals surface area contributed by atoms with Gasteiger partial charge >= 0.3 is 0 Å². The summed E-state index contributed by atoms with van der Waals surface area (Å²) in [6.07, 6.45) is 0. The van der Waals surface area contributed by atoms with Gasteiger partial charge < -0.3 is 20.3 Å². The summed E-state index contributed by atoms with van der Waals surface area (Å²) in [4.78, 5) is 14.7. The van der Waals surface area contributed by atoms with Gasteiger partial charge in [-0.05, 0) is 44.8 Å². The van der Waals surface area contributed by atoms with Crippen molar-refractivity contribution in [2.75, 3.05) is 33.1 Å². The van der Waals surface area contributed by atoms with E-state index >= 15 is 0 Å². The van der Waals surface area contributed by atoms with E-state index in [1.54, 1.807) is 25.3 Å². The molecule has 5 nitrogen and oxygen atoms in total. The molecular formula is C20H26ClN3O2. The molecule has 2 atom stereocenters. The maximum Gasteiger partial charge on any atom is 0.241 e. The van der Waals surface area contributed by atoms with Crippen molar-refractivity contribution in [1.82, 2.24) is 10.2 Å². The van der Waals surface area contributed by atoms with Gasteiger partial charge in [-0.15, -0.1) is 0 Å². The molecule has 140 valence electrons. The average molecular weight is 376 g/mol. The van der Waals surface area contributed by atoms with Crippen LogP contribution in [0.2, 0.25) is 5.02 Å². The second kappa shape index (κ2) is 9.57. The predicted molar refractivity (Wildman–Crippen MR) is 107 cm³/mol. The molecule has 0 spiro atoms. The molecule has 0 aliphatic carbocycles. The monoisotopic (exact) mass is 375 g/mol. The molecule has 0 radical (unpaired) electrons. The Hall–Kier alpha value is -2.08. The number of hydrogen-bond acceptors (Lipinski definition) is 4. The van der Waals surface area contributed by atoms with E-state index in [2.05, 4.69) is 27.7 Å². The zero-order valence-electron chi connectivity index (χ0n) is 15.6. The van der Waals surface area contributed by atoms with Gasteiger partial charge in [0, 0.05) is 17.6 Å². The van der Waals surface area contributed by atoms with Gasteiger partial charge in [0.1, 0.15) is 5.75 Å². The molecule has 0 saturated carbocycles. The SMILES string of the molecule is COc1ccc(Cl)cc1NC(=O)[C@H](C)NC[C@H](c1ccccc1)N(C)C. The number of methoxy groups -OCH3 is 1. The van der Waals surface area contributed by atoms with Crippen LogP contribution in [-0.4, -0.2) is 44.6 Å². The number of amides is 1. The molecule has 0 bridgehead atoms. The Labute approximate surface area is 160 Å². The Morgan fingerprint density at radius 2 is 1.88 bits per heavy atom. The fourth-order valence-corrected chi connectivity index (χ4v) is 2.85. The number of benzene rings is 2. The van der Waals surface area contributed by atoms with Crippen molar-refractivity contribution in [2.45, 2.75) is 19.0 Å². The number of halogens is 1. The van der Waals surface area contributed by atoms with Crippen LogP contribution in [0.25, 0.3) is 0 Å². The molecule has 0 fully saturated rings. The van der Waals surface area contributed by atoms with E-state index < -0.39 is 0 Å². The van der Waals surface area contributed by atoms with Gasteiger partial charge in [0.25, 0.3) is 0 Å². The second-order valence-corrected chi connectivity index (χ2v) is 6.79. The Morgan fingerprint density at radius 1 is 1.19 bits per heavy atom. The number of anilines is 1. The van der Waals surface area contributed by atoms with Gasteiger partial charge in [-0.25, -0.2) is 0 Å². The lowest BCUT2D eigenvalue weighted by Gasteiger charge is -2.26. The van der Waals surface area contributed by atoms with E-state index in [0.29, 0.717) is 23.0 Å². The van der Waals surface area contributed by atoms with Crippen molar-refractivity contribution in [3.63, 3.8) is 0 Å². The Morgan fingerprint density at radius 3 is 2.50 bits per heavy atom. The largest absolute Gasteiger partial charge is 0.495 e. The molecule has 2 N–H and O–H groups in total. The third kappa shape index (κ3) is 5.46. The molecule has 0 unspecified atom stereocenters.